The third-order valence-electron chi connectivity index (χ3n) is 3.58. The van der Waals surface area contributed by atoms with Gasteiger partial charge in [0.05, 0.1) is 24.3 Å². The van der Waals surface area contributed by atoms with Crippen LogP contribution >= 0.6 is 11.6 Å². The molecule has 0 aliphatic heterocycles. The quantitative estimate of drug-likeness (QED) is 0.618. The average Bonchev–Trinajstić information content (AvgIpc) is 2.62. The predicted octanol–water partition coefficient (Wildman–Crippen LogP) is 4.41. The number of fused-ring (bicyclic) bond motifs is 1. The minimum atomic E-state index is -1.08. The number of hydrogen-bond donors (Lipinski definition) is 0. The molecule has 0 fully saturated rings. The summed E-state index contributed by atoms with van der Waals surface area (Å²) in [6, 6.07) is 12.1. The molecule has 2 aromatic carbocycles. The second-order valence-electron chi connectivity index (χ2n) is 6.02. The molecule has 1 aromatic heterocycles. The lowest BCUT2D eigenvalue weighted by molar-refractivity contribution is -0.156. The van der Waals surface area contributed by atoms with E-state index in [-0.39, 0.29) is 0 Å². The minimum absolute atomic E-state index is 0.364. The Morgan fingerprint density at radius 3 is 2.42 bits per heavy atom. The van der Waals surface area contributed by atoms with Crippen LogP contribution in [0.1, 0.15) is 13.8 Å². The van der Waals surface area contributed by atoms with Gasteiger partial charge in [-0.15, -0.1) is 0 Å². The Hall–Kier alpha value is -2.86. The Balaban J connectivity index is 1.73. The molecule has 0 aliphatic rings. The number of methoxy groups -OCH3 is 1. The highest BCUT2D eigenvalue weighted by atomic mass is 35.5. The fraction of sp³-hybridized carbons (Fsp3) is 0.211. The van der Waals surface area contributed by atoms with Gasteiger partial charge in [0.25, 0.3) is 0 Å². The molecule has 0 spiro atoms. The van der Waals surface area contributed by atoms with Gasteiger partial charge in [-0.2, -0.15) is 0 Å². The van der Waals surface area contributed by atoms with Gasteiger partial charge in [0.15, 0.2) is 5.60 Å². The van der Waals surface area contributed by atoms with Crippen LogP contribution in [0.25, 0.3) is 11.0 Å². The molecule has 0 atom stereocenters. The first-order chi connectivity index (χ1) is 12.4. The van der Waals surface area contributed by atoms with Crippen LogP contribution in [0.15, 0.2) is 48.7 Å². The van der Waals surface area contributed by atoms with Crippen molar-refractivity contribution in [2.75, 3.05) is 7.11 Å². The van der Waals surface area contributed by atoms with Gasteiger partial charge in [-0.05, 0) is 56.3 Å². The second-order valence-corrected chi connectivity index (χ2v) is 6.46. The van der Waals surface area contributed by atoms with Gasteiger partial charge in [-0.25, -0.2) is 14.8 Å². The first kappa shape index (κ1) is 17.9. The normalized spacial score (nSPS) is 11.2. The van der Waals surface area contributed by atoms with Gasteiger partial charge in [0.1, 0.15) is 11.5 Å². The van der Waals surface area contributed by atoms with Crippen molar-refractivity contribution >= 4 is 28.6 Å². The van der Waals surface area contributed by atoms with Gasteiger partial charge >= 0.3 is 5.97 Å². The molecule has 0 saturated carbocycles. The van der Waals surface area contributed by atoms with E-state index in [1.807, 2.05) is 0 Å². The molecule has 0 aliphatic carbocycles. The SMILES string of the molecule is COC(=O)C(C)(C)Oc1ccc(Oc2cnc3cc(Cl)ccc3n2)cc1. The summed E-state index contributed by atoms with van der Waals surface area (Å²) in [5, 5.41) is 0.603. The lowest BCUT2D eigenvalue weighted by Crippen LogP contribution is -2.39. The monoisotopic (exact) mass is 372 g/mol. The third kappa shape index (κ3) is 4.03. The summed E-state index contributed by atoms with van der Waals surface area (Å²) in [6.07, 6.45) is 1.53. The van der Waals surface area contributed by atoms with E-state index in [1.165, 1.54) is 13.3 Å². The molecule has 0 radical (unpaired) electrons. The lowest BCUT2D eigenvalue weighted by Gasteiger charge is -2.23. The van der Waals surface area contributed by atoms with Crippen LogP contribution in [0, 0.1) is 0 Å². The van der Waals surface area contributed by atoms with Crippen LogP contribution in [-0.2, 0) is 9.53 Å². The smallest absolute Gasteiger partial charge is 0.349 e. The Bertz CT molecular complexity index is 942. The van der Waals surface area contributed by atoms with Crippen molar-refractivity contribution in [3.8, 4) is 17.4 Å². The number of carbonyl (C=O) groups is 1. The zero-order valence-electron chi connectivity index (χ0n) is 14.5. The minimum Gasteiger partial charge on any atom is -0.476 e. The molecule has 3 rings (SSSR count). The summed E-state index contributed by atoms with van der Waals surface area (Å²) in [5.74, 6) is 0.996. The van der Waals surface area contributed by atoms with Crippen LogP contribution in [0.2, 0.25) is 5.02 Å². The highest BCUT2D eigenvalue weighted by Gasteiger charge is 2.31. The Kier molecular flexibility index (Phi) is 4.95. The van der Waals surface area contributed by atoms with Crippen molar-refractivity contribution in [1.29, 1.82) is 0 Å². The Labute approximate surface area is 155 Å². The van der Waals surface area contributed by atoms with Crippen molar-refractivity contribution < 1.29 is 19.0 Å². The van der Waals surface area contributed by atoms with E-state index in [0.29, 0.717) is 33.4 Å². The number of rotatable bonds is 5. The van der Waals surface area contributed by atoms with Crippen molar-refractivity contribution in [2.24, 2.45) is 0 Å². The number of carbonyl (C=O) groups excluding carboxylic acids is 1. The lowest BCUT2D eigenvalue weighted by atomic mass is 10.1. The topological polar surface area (TPSA) is 70.5 Å². The summed E-state index contributed by atoms with van der Waals surface area (Å²) in [4.78, 5) is 20.4. The maximum Gasteiger partial charge on any atom is 0.349 e. The highest BCUT2D eigenvalue weighted by Crippen LogP contribution is 2.26. The largest absolute Gasteiger partial charge is 0.476 e. The molecule has 1 heterocycles. The first-order valence-corrected chi connectivity index (χ1v) is 8.23. The van der Waals surface area contributed by atoms with E-state index >= 15 is 0 Å². The van der Waals surface area contributed by atoms with Gasteiger partial charge in [-0.3, -0.25) is 0 Å². The number of benzene rings is 2. The second kappa shape index (κ2) is 7.17. The van der Waals surface area contributed by atoms with Crippen molar-refractivity contribution in [3.63, 3.8) is 0 Å². The van der Waals surface area contributed by atoms with E-state index in [0.717, 1.165) is 0 Å². The van der Waals surface area contributed by atoms with Crippen LogP contribution in [0.5, 0.6) is 17.4 Å². The van der Waals surface area contributed by atoms with Gasteiger partial charge < -0.3 is 14.2 Å². The molecule has 0 amide bonds. The van der Waals surface area contributed by atoms with Crippen LogP contribution in [-0.4, -0.2) is 28.6 Å². The van der Waals surface area contributed by atoms with Crippen molar-refractivity contribution in [3.05, 3.63) is 53.7 Å². The summed E-state index contributed by atoms with van der Waals surface area (Å²) < 4.78 is 16.1. The van der Waals surface area contributed by atoms with E-state index in [4.69, 9.17) is 25.8 Å². The van der Waals surface area contributed by atoms with E-state index in [2.05, 4.69) is 9.97 Å². The first-order valence-electron chi connectivity index (χ1n) is 7.85. The summed E-state index contributed by atoms with van der Waals surface area (Å²) in [7, 11) is 1.32. The van der Waals surface area contributed by atoms with E-state index in [9.17, 15) is 4.79 Å². The number of nitrogens with zero attached hydrogens (tertiary/aromatic N) is 2. The Morgan fingerprint density at radius 1 is 1.04 bits per heavy atom. The molecule has 0 bridgehead atoms. The number of halogens is 1. The zero-order valence-corrected chi connectivity index (χ0v) is 15.3. The molecule has 0 unspecified atom stereocenters. The maximum atomic E-state index is 11.7. The molecule has 0 N–H and O–H groups in total. The molecular formula is C19H17ClN2O4. The Morgan fingerprint density at radius 2 is 1.73 bits per heavy atom. The standard InChI is InChI=1S/C19H17ClN2O4/c1-19(2,18(23)24-3)26-14-7-5-13(6-8-14)25-17-11-21-16-10-12(20)4-9-15(16)22-17/h4-11H,1-3H3. The predicted molar refractivity (Wildman–Crippen MR) is 97.8 cm³/mol. The molecule has 134 valence electrons. The fourth-order valence-electron chi connectivity index (χ4n) is 2.29. The summed E-state index contributed by atoms with van der Waals surface area (Å²) >= 11 is 5.94. The molecule has 6 nitrogen and oxygen atoms in total. The number of hydrogen-bond acceptors (Lipinski definition) is 6. The van der Waals surface area contributed by atoms with Crippen LogP contribution in [0.4, 0.5) is 0 Å². The molecular weight excluding hydrogens is 356 g/mol. The van der Waals surface area contributed by atoms with Crippen LogP contribution in [0.3, 0.4) is 0 Å². The zero-order chi connectivity index (χ0) is 18.7. The molecule has 26 heavy (non-hydrogen) atoms. The number of esters is 1. The van der Waals surface area contributed by atoms with Crippen molar-refractivity contribution in [1.82, 2.24) is 9.97 Å². The molecule has 0 saturated heterocycles. The number of ether oxygens (including phenoxy) is 3. The van der Waals surface area contributed by atoms with Gasteiger partial charge in [0, 0.05) is 5.02 Å². The molecule has 7 heteroatoms. The summed E-state index contributed by atoms with van der Waals surface area (Å²) in [6.45, 7) is 3.28. The van der Waals surface area contributed by atoms with E-state index in [1.54, 1.807) is 56.3 Å². The van der Waals surface area contributed by atoms with Crippen LogP contribution < -0.4 is 9.47 Å². The van der Waals surface area contributed by atoms with E-state index < -0.39 is 11.6 Å². The number of aromatic nitrogens is 2. The van der Waals surface area contributed by atoms with Gasteiger partial charge in [0.2, 0.25) is 5.88 Å². The summed E-state index contributed by atoms with van der Waals surface area (Å²) in [5.41, 5.74) is 0.299. The van der Waals surface area contributed by atoms with Crippen molar-refractivity contribution in [2.45, 2.75) is 19.4 Å². The highest BCUT2D eigenvalue weighted by molar-refractivity contribution is 6.31. The third-order valence-corrected chi connectivity index (χ3v) is 3.81. The fourth-order valence-corrected chi connectivity index (χ4v) is 2.46. The molecule has 3 aromatic rings. The average molecular weight is 373 g/mol. The maximum absolute atomic E-state index is 11.7. The van der Waals surface area contributed by atoms with Gasteiger partial charge in [-0.1, -0.05) is 11.6 Å².